The zero-order chi connectivity index (χ0) is 48.4. The maximum atomic E-state index is 15.5. The molecule has 8 rings (SSSR count). The zero-order valence-corrected chi connectivity index (χ0v) is 37.8. The second-order valence-electron chi connectivity index (χ2n) is 17.5. The average molecular weight is 937 g/mol. The van der Waals surface area contributed by atoms with Gasteiger partial charge in [-0.3, -0.25) is 33.6 Å². The average Bonchev–Trinajstić information content (AvgIpc) is 4.11. The highest BCUT2D eigenvalue weighted by Gasteiger charge is 2.46. The number of fused-ring (bicyclic) bond motifs is 5. The molecule has 0 radical (unpaired) electrons. The molecule has 68 heavy (non-hydrogen) atoms. The van der Waals surface area contributed by atoms with Crippen molar-refractivity contribution in [2.45, 2.75) is 103 Å². The van der Waals surface area contributed by atoms with Crippen LogP contribution in [0.2, 0.25) is 0 Å². The Kier molecular flexibility index (Phi) is 13.7. The van der Waals surface area contributed by atoms with Crippen molar-refractivity contribution in [2.24, 2.45) is 5.92 Å². The van der Waals surface area contributed by atoms with Gasteiger partial charge in [-0.15, -0.1) is 0 Å². The number of nitrogens with one attached hydrogen (secondary N) is 6. The van der Waals surface area contributed by atoms with Crippen LogP contribution in [0.5, 0.6) is 0 Å². The van der Waals surface area contributed by atoms with Crippen LogP contribution in [-0.4, -0.2) is 94.6 Å². The van der Waals surface area contributed by atoms with E-state index < -0.39 is 83.8 Å². The molecular formula is C48H53FN8O11. The normalized spacial score (nSPS) is 18.5. The Balaban J connectivity index is 0.930. The Morgan fingerprint density at radius 2 is 1.60 bits per heavy atom. The molecule has 2 aliphatic heterocycles. The second kappa shape index (κ2) is 19.7. The van der Waals surface area contributed by atoms with E-state index in [1.807, 2.05) is 0 Å². The summed E-state index contributed by atoms with van der Waals surface area (Å²) in [5.41, 5.74) is 2.10. The van der Waals surface area contributed by atoms with Crippen molar-refractivity contribution in [3.05, 3.63) is 97.6 Å². The van der Waals surface area contributed by atoms with Crippen LogP contribution in [0, 0.1) is 18.7 Å². The third-order valence-corrected chi connectivity index (χ3v) is 13.1. The van der Waals surface area contributed by atoms with E-state index in [1.165, 1.54) is 10.6 Å². The highest BCUT2D eigenvalue weighted by Crippen LogP contribution is 2.46. The van der Waals surface area contributed by atoms with Gasteiger partial charge in [0.25, 0.3) is 5.56 Å². The predicted octanol–water partition coefficient (Wildman–Crippen LogP) is 0.986. The number of cyclic esters (lactones) is 1. The van der Waals surface area contributed by atoms with Gasteiger partial charge in [-0.05, 0) is 73.3 Å². The lowest BCUT2D eigenvalue weighted by molar-refractivity contribution is -0.172. The Bertz CT molecular complexity index is 2800. The topological polar surface area (TPSA) is 265 Å². The standard InChI is InChI=1S/C48H53FN8O11/c1-4-36(58)50-18-37(59)51-20-39(61)54-34(15-25-9-7-6-8-10-25)44(62)52-19-38(60)53-23-68-43(26-11-12-26)45(63)56-32-14-13-27-24(3)31(49)17-33-40(27)41(32)28-21-57-35(42(28)55-33)16-30-29(46(57)64)22-67-47(65)48(30,66)5-2/h6-10,16-17,26,32,34,43,66H,4-5,11-15,18-23H2,1-3H3,(H,50,58)(H,51,59)(H,52,62)(H,53,60)(H,54,61)(H,56,63)/t32-,34-,43-,48-/m0/s1. The number of aromatic nitrogens is 2. The molecular weight excluding hydrogens is 884 g/mol. The van der Waals surface area contributed by atoms with E-state index in [9.17, 15) is 43.5 Å². The lowest BCUT2D eigenvalue weighted by atomic mass is 9.81. The molecule has 358 valence electrons. The number of aryl methyl sites for hydroxylation is 1. The smallest absolute Gasteiger partial charge is 0.343 e. The molecule has 2 aliphatic carbocycles. The molecule has 19 nitrogen and oxygen atoms in total. The number of esters is 1. The van der Waals surface area contributed by atoms with E-state index in [0.717, 1.165) is 11.1 Å². The maximum absolute atomic E-state index is 15.5. The lowest BCUT2D eigenvalue weighted by Crippen LogP contribution is -2.52. The minimum absolute atomic E-state index is 0.0387. The first-order valence-electron chi connectivity index (χ1n) is 22.8. The summed E-state index contributed by atoms with van der Waals surface area (Å²) >= 11 is 0. The van der Waals surface area contributed by atoms with E-state index in [4.69, 9.17) is 14.5 Å². The molecule has 7 N–H and O–H groups in total. The molecule has 2 aromatic carbocycles. The lowest BCUT2D eigenvalue weighted by Gasteiger charge is -2.31. The summed E-state index contributed by atoms with van der Waals surface area (Å²) in [6, 6.07) is 10.1. The molecule has 4 aromatic rings. The monoisotopic (exact) mass is 936 g/mol. The third-order valence-electron chi connectivity index (χ3n) is 13.1. The third kappa shape index (κ3) is 9.55. The van der Waals surface area contributed by atoms with Crippen LogP contribution < -0.4 is 37.5 Å². The van der Waals surface area contributed by atoms with Crippen LogP contribution in [-0.2, 0) is 74.6 Å². The summed E-state index contributed by atoms with van der Waals surface area (Å²) in [4.78, 5) is 109. The van der Waals surface area contributed by atoms with Gasteiger partial charge in [0.1, 0.15) is 31.3 Å². The fraction of sp³-hybridized carbons (Fsp3) is 0.438. The first kappa shape index (κ1) is 47.4. The first-order chi connectivity index (χ1) is 32.6. The molecule has 0 unspecified atom stereocenters. The van der Waals surface area contributed by atoms with Gasteiger partial charge in [0.2, 0.25) is 35.4 Å². The molecule has 1 saturated carbocycles. The minimum atomic E-state index is -2.04. The summed E-state index contributed by atoms with van der Waals surface area (Å²) < 4.78 is 28.2. The fourth-order valence-electron chi connectivity index (χ4n) is 9.19. The Hall–Kier alpha value is -7.06. The van der Waals surface area contributed by atoms with Crippen molar-refractivity contribution < 1.29 is 52.5 Å². The van der Waals surface area contributed by atoms with Gasteiger partial charge in [-0.2, -0.15) is 0 Å². The Labute approximate surface area is 389 Å². The number of carbonyl (C=O) groups excluding carboxylic acids is 7. The summed E-state index contributed by atoms with van der Waals surface area (Å²) in [6.07, 6.45) is 1.49. The molecule has 20 heteroatoms. The van der Waals surface area contributed by atoms with Crippen molar-refractivity contribution in [3.63, 3.8) is 0 Å². The Morgan fingerprint density at radius 1 is 0.897 bits per heavy atom. The zero-order valence-electron chi connectivity index (χ0n) is 37.8. The van der Waals surface area contributed by atoms with Gasteiger partial charge in [-0.1, -0.05) is 44.2 Å². The SMILES string of the molecule is CCC(=O)NCC(=O)NCC(=O)N[C@@H](Cc1ccccc1)C(=O)NCC(=O)NCO[C@H](C(=O)N[C@H]1CCc2c(C)c(F)cc3nc4c(c1c23)Cn1c-4cc2c(c1=O)COC(=O)[C@]2(O)CC)C1CC1. The fourth-order valence-corrected chi connectivity index (χ4v) is 9.19. The van der Waals surface area contributed by atoms with E-state index in [0.29, 0.717) is 64.7 Å². The predicted molar refractivity (Wildman–Crippen MR) is 240 cm³/mol. The number of hydrogen-bond acceptors (Lipinski definition) is 12. The van der Waals surface area contributed by atoms with Crippen molar-refractivity contribution in [2.75, 3.05) is 26.4 Å². The molecule has 1 fully saturated rings. The molecule has 0 bridgehead atoms. The summed E-state index contributed by atoms with van der Waals surface area (Å²) in [6.45, 7) is 3.07. The molecule has 4 heterocycles. The van der Waals surface area contributed by atoms with Gasteiger partial charge in [0.15, 0.2) is 5.60 Å². The number of nitrogens with zero attached hydrogens (tertiary/aromatic N) is 2. The number of carbonyl (C=O) groups is 7. The number of rotatable bonds is 18. The number of amides is 6. The summed E-state index contributed by atoms with van der Waals surface area (Å²) in [5.74, 6) is -4.77. The quantitative estimate of drug-likeness (QED) is 0.0479. The highest BCUT2D eigenvalue weighted by molar-refractivity contribution is 5.95. The maximum Gasteiger partial charge on any atom is 0.343 e. The van der Waals surface area contributed by atoms with Crippen molar-refractivity contribution >= 4 is 52.3 Å². The van der Waals surface area contributed by atoms with Gasteiger partial charge in [0.05, 0.1) is 54.7 Å². The number of pyridine rings is 2. The van der Waals surface area contributed by atoms with E-state index >= 15 is 4.39 Å². The van der Waals surface area contributed by atoms with Gasteiger partial charge in [-0.25, -0.2) is 14.2 Å². The van der Waals surface area contributed by atoms with Gasteiger partial charge < -0.3 is 51.0 Å². The number of ether oxygens (including phenoxy) is 2. The van der Waals surface area contributed by atoms with E-state index in [1.54, 1.807) is 57.2 Å². The van der Waals surface area contributed by atoms with Crippen LogP contribution in [0.15, 0.2) is 47.3 Å². The number of halogens is 1. The molecule has 0 spiro atoms. The Morgan fingerprint density at radius 3 is 2.32 bits per heavy atom. The molecule has 4 atom stereocenters. The van der Waals surface area contributed by atoms with Crippen LogP contribution in [0.25, 0.3) is 22.3 Å². The number of benzene rings is 2. The van der Waals surface area contributed by atoms with Crippen molar-refractivity contribution in [1.29, 1.82) is 0 Å². The van der Waals surface area contributed by atoms with Crippen LogP contribution in [0.4, 0.5) is 4.39 Å². The second-order valence-corrected chi connectivity index (χ2v) is 17.5. The van der Waals surface area contributed by atoms with Crippen LogP contribution in [0.1, 0.15) is 90.9 Å². The van der Waals surface area contributed by atoms with Crippen molar-refractivity contribution in [1.82, 2.24) is 41.5 Å². The largest absolute Gasteiger partial charge is 0.458 e. The van der Waals surface area contributed by atoms with Gasteiger partial charge in [0, 0.05) is 35.4 Å². The molecule has 4 aliphatic rings. The molecule has 6 amide bonds. The van der Waals surface area contributed by atoms with Crippen molar-refractivity contribution in [3.8, 4) is 11.4 Å². The first-order valence-corrected chi connectivity index (χ1v) is 22.8. The van der Waals surface area contributed by atoms with Gasteiger partial charge >= 0.3 is 5.97 Å². The highest BCUT2D eigenvalue weighted by atomic mass is 19.1. The number of hydrogen-bond donors (Lipinski definition) is 7. The molecule has 2 aromatic heterocycles. The minimum Gasteiger partial charge on any atom is -0.458 e. The van der Waals surface area contributed by atoms with Crippen LogP contribution in [0.3, 0.4) is 0 Å². The molecule has 0 saturated heterocycles. The van der Waals surface area contributed by atoms with Crippen LogP contribution >= 0.6 is 0 Å². The summed E-state index contributed by atoms with van der Waals surface area (Å²) in [5, 5.41) is 27.7. The summed E-state index contributed by atoms with van der Waals surface area (Å²) in [7, 11) is 0. The number of aliphatic hydroxyl groups is 1. The van der Waals surface area contributed by atoms with E-state index in [2.05, 4.69) is 31.9 Å². The van der Waals surface area contributed by atoms with E-state index in [-0.39, 0.29) is 68.6 Å².